The van der Waals surface area contributed by atoms with E-state index in [1.807, 2.05) is 20.8 Å². The first-order chi connectivity index (χ1) is 7.63. The van der Waals surface area contributed by atoms with Gasteiger partial charge in [0, 0.05) is 16.9 Å². The first kappa shape index (κ1) is 14.1. The summed E-state index contributed by atoms with van der Waals surface area (Å²) in [5.74, 6) is -3.57. The third kappa shape index (κ3) is 3.79. The number of hydrogen-bond donors (Lipinski definition) is 1. The van der Waals surface area contributed by atoms with Gasteiger partial charge >= 0.3 is 12.3 Å². The zero-order chi connectivity index (χ0) is 13.3. The molecule has 17 heavy (non-hydrogen) atoms. The van der Waals surface area contributed by atoms with Crippen molar-refractivity contribution in [2.45, 2.75) is 38.5 Å². The highest BCUT2D eigenvalue weighted by Gasteiger charge is 2.40. The molecule has 8 heteroatoms. The van der Waals surface area contributed by atoms with Gasteiger partial charge in [-0.3, -0.25) is 0 Å². The van der Waals surface area contributed by atoms with Gasteiger partial charge in [-0.1, -0.05) is 20.8 Å². The quantitative estimate of drug-likeness (QED) is 0.855. The van der Waals surface area contributed by atoms with Crippen molar-refractivity contribution in [1.29, 1.82) is 0 Å². The third-order valence-corrected chi connectivity index (χ3v) is 2.56. The number of alkyl halides is 4. The molecule has 1 N–H and O–H groups in total. The van der Waals surface area contributed by atoms with E-state index in [9.17, 15) is 17.6 Å². The van der Waals surface area contributed by atoms with Crippen LogP contribution in [0.1, 0.15) is 26.6 Å². The minimum absolute atomic E-state index is 0.121. The van der Waals surface area contributed by atoms with E-state index in [4.69, 9.17) is 0 Å². The van der Waals surface area contributed by atoms with Crippen LogP contribution in [0.25, 0.3) is 0 Å². The Kier molecular flexibility index (Phi) is 3.95. The molecule has 0 aliphatic heterocycles. The summed E-state index contributed by atoms with van der Waals surface area (Å²) in [7, 11) is 0. The van der Waals surface area contributed by atoms with Gasteiger partial charge in [-0.05, 0) is 0 Å². The van der Waals surface area contributed by atoms with Gasteiger partial charge in [0.15, 0.2) is 0 Å². The Morgan fingerprint density at radius 3 is 2.29 bits per heavy atom. The van der Waals surface area contributed by atoms with E-state index in [2.05, 4.69) is 14.7 Å². The van der Waals surface area contributed by atoms with Gasteiger partial charge in [0.05, 0.1) is 6.54 Å². The molecule has 0 fully saturated rings. The SMILES string of the molecule is CC(C)(C)c1nsc(NCC(F)(F)C(F)F)n1. The molecule has 0 amide bonds. The number of anilines is 1. The van der Waals surface area contributed by atoms with Crippen LogP contribution < -0.4 is 5.32 Å². The van der Waals surface area contributed by atoms with Crippen LogP contribution >= 0.6 is 11.5 Å². The monoisotopic (exact) mass is 271 g/mol. The second-order valence-electron chi connectivity index (χ2n) is 4.59. The number of halogens is 4. The van der Waals surface area contributed by atoms with Crippen molar-refractivity contribution in [2.24, 2.45) is 0 Å². The molecule has 0 spiro atoms. The molecule has 0 aliphatic rings. The molecule has 1 aromatic rings. The Morgan fingerprint density at radius 1 is 1.29 bits per heavy atom. The first-order valence-electron chi connectivity index (χ1n) is 4.87. The van der Waals surface area contributed by atoms with Crippen LogP contribution in [-0.2, 0) is 5.41 Å². The minimum Gasteiger partial charge on any atom is -0.354 e. The number of aromatic nitrogens is 2. The van der Waals surface area contributed by atoms with E-state index in [1.165, 1.54) is 0 Å². The van der Waals surface area contributed by atoms with Gasteiger partial charge in [0.25, 0.3) is 0 Å². The lowest BCUT2D eigenvalue weighted by molar-refractivity contribution is -0.117. The average molecular weight is 271 g/mol. The summed E-state index contributed by atoms with van der Waals surface area (Å²) >= 11 is 0.878. The van der Waals surface area contributed by atoms with Gasteiger partial charge in [0.2, 0.25) is 5.13 Å². The lowest BCUT2D eigenvalue weighted by Gasteiger charge is -2.15. The first-order valence-corrected chi connectivity index (χ1v) is 5.64. The Hall–Kier alpha value is -0.920. The van der Waals surface area contributed by atoms with Crippen LogP contribution in [0.2, 0.25) is 0 Å². The van der Waals surface area contributed by atoms with Gasteiger partial charge < -0.3 is 5.32 Å². The summed E-state index contributed by atoms with van der Waals surface area (Å²) in [4.78, 5) is 3.96. The fraction of sp³-hybridized carbons (Fsp3) is 0.778. The summed E-state index contributed by atoms with van der Waals surface area (Å²) < 4.78 is 53.0. The summed E-state index contributed by atoms with van der Waals surface area (Å²) in [6.07, 6.45) is -3.69. The summed E-state index contributed by atoms with van der Waals surface area (Å²) in [6.45, 7) is 4.45. The van der Waals surface area contributed by atoms with E-state index in [0.717, 1.165) is 11.5 Å². The molecule has 3 nitrogen and oxygen atoms in total. The molecule has 1 aromatic heterocycles. The molecule has 0 saturated heterocycles. The van der Waals surface area contributed by atoms with Gasteiger partial charge in [-0.2, -0.15) is 13.2 Å². The average Bonchev–Trinajstić information content (AvgIpc) is 2.62. The highest BCUT2D eigenvalue weighted by atomic mass is 32.1. The van der Waals surface area contributed by atoms with Crippen molar-refractivity contribution in [1.82, 2.24) is 9.36 Å². The fourth-order valence-electron chi connectivity index (χ4n) is 0.871. The Morgan fingerprint density at radius 2 is 1.88 bits per heavy atom. The van der Waals surface area contributed by atoms with Gasteiger partial charge in [-0.25, -0.2) is 13.8 Å². The van der Waals surface area contributed by atoms with Crippen molar-refractivity contribution in [2.75, 3.05) is 11.9 Å². The van der Waals surface area contributed by atoms with Gasteiger partial charge in [-0.15, -0.1) is 0 Å². The molecule has 98 valence electrons. The van der Waals surface area contributed by atoms with Crippen molar-refractivity contribution in [3.8, 4) is 0 Å². The van der Waals surface area contributed by atoms with Crippen LogP contribution in [-0.4, -0.2) is 28.3 Å². The van der Waals surface area contributed by atoms with Crippen molar-refractivity contribution >= 4 is 16.7 Å². The van der Waals surface area contributed by atoms with Crippen LogP contribution in [0.5, 0.6) is 0 Å². The highest BCUT2D eigenvalue weighted by Crippen LogP contribution is 2.26. The fourth-order valence-corrected chi connectivity index (χ4v) is 1.62. The molecule has 0 radical (unpaired) electrons. The molecule has 0 aromatic carbocycles. The highest BCUT2D eigenvalue weighted by molar-refractivity contribution is 7.09. The largest absolute Gasteiger partial charge is 0.354 e. The second kappa shape index (κ2) is 4.75. The molecule has 1 heterocycles. The normalized spacial score (nSPS) is 13.2. The Bertz CT molecular complexity index is 373. The molecule has 0 aliphatic carbocycles. The van der Waals surface area contributed by atoms with Crippen LogP contribution in [0.3, 0.4) is 0 Å². The second-order valence-corrected chi connectivity index (χ2v) is 5.34. The van der Waals surface area contributed by atoms with Crippen LogP contribution in [0.15, 0.2) is 0 Å². The number of nitrogens with one attached hydrogen (secondary N) is 1. The zero-order valence-electron chi connectivity index (χ0n) is 9.60. The maximum atomic E-state index is 12.6. The number of nitrogens with zero attached hydrogens (tertiary/aromatic N) is 2. The molecule has 0 saturated carbocycles. The lowest BCUT2D eigenvalue weighted by Crippen LogP contribution is -2.34. The molecule has 1 rings (SSSR count). The predicted molar refractivity (Wildman–Crippen MR) is 58.0 cm³/mol. The van der Waals surface area contributed by atoms with E-state index in [1.54, 1.807) is 0 Å². The van der Waals surface area contributed by atoms with Crippen molar-refractivity contribution in [3.63, 3.8) is 0 Å². The predicted octanol–water partition coefficient (Wildman–Crippen LogP) is 3.15. The van der Waals surface area contributed by atoms with Crippen LogP contribution in [0.4, 0.5) is 22.7 Å². The molecular weight excluding hydrogens is 258 g/mol. The Balaban J connectivity index is 2.63. The molecule has 0 atom stereocenters. The van der Waals surface area contributed by atoms with E-state index < -0.39 is 18.9 Å². The van der Waals surface area contributed by atoms with E-state index in [0.29, 0.717) is 5.82 Å². The summed E-state index contributed by atoms with van der Waals surface area (Å²) in [5.41, 5.74) is -0.304. The van der Waals surface area contributed by atoms with Crippen molar-refractivity contribution < 1.29 is 17.6 Å². The van der Waals surface area contributed by atoms with Crippen molar-refractivity contribution in [3.05, 3.63) is 5.82 Å². The maximum absolute atomic E-state index is 12.6. The van der Waals surface area contributed by atoms with Gasteiger partial charge in [0.1, 0.15) is 5.82 Å². The number of rotatable bonds is 4. The standard InChI is InChI=1S/C9H13F4N3S/c1-8(2,3)6-15-7(17-16-6)14-4-9(12,13)5(10)11/h5H,4H2,1-3H3,(H,14,15,16). The smallest absolute Gasteiger partial charge is 0.324 e. The molecule has 0 bridgehead atoms. The molecule has 0 unspecified atom stereocenters. The lowest BCUT2D eigenvalue weighted by atomic mass is 9.96. The minimum atomic E-state index is -4.06. The van der Waals surface area contributed by atoms with E-state index >= 15 is 0 Å². The maximum Gasteiger partial charge on any atom is 0.324 e. The third-order valence-electron chi connectivity index (χ3n) is 1.89. The van der Waals surface area contributed by atoms with E-state index in [-0.39, 0.29) is 10.5 Å². The summed E-state index contributed by atoms with van der Waals surface area (Å²) in [5, 5.41) is 2.29. The summed E-state index contributed by atoms with van der Waals surface area (Å²) in [6, 6.07) is 0. The topological polar surface area (TPSA) is 37.8 Å². The van der Waals surface area contributed by atoms with Crippen LogP contribution in [0, 0.1) is 0 Å². The number of hydrogen-bond acceptors (Lipinski definition) is 4. The zero-order valence-corrected chi connectivity index (χ0v) is 10.4. The Labute approximate surface area is 100 Å². The molecular formula is C9H13F4N3S.